The van der Waals surface area contributed by atoms with Gasteiger partial charge in [0.2, 0.25) is 0 Å². The van der Waals surface area contributed by atoms with Gasteiger partial charge in [-0.05, 0) is 26.7 Å². The Bertz CT molecular complexity index is 609. The molecule has 1 heterocycles. The van der Waals surface area contributed by atoms with Gasteiger partial charge in [0.05, 0.1) is 12.3 Å². The Morgan fingerprint density at radius 1 is 1.35 bits per heavy atom. The molecule has 0 unspecified atom stereocenters. The van der Waals surface area contributed by atoms with Crippen molar-refractivity contribution in [2.75, 3.05) is 7.05 Å². The number of carbonyl (C=O) groups excluding carboxylic acids is 2. The molecule has 0 saturated carbocycles. The van der Waals surface area contributed by atoms with Gasteiger partial charge in [0.1, 0.15) is 10.6 Å². The highest BCUT2D eigenvalue weighted by atomic mass is 32.1. The first-order valence-corrected chi connectivity index (χ1v) is 9.50. The third-order valence-corrected chi connectivity index (χ3v) is 4.70. The Morgan fingerprint density at radius 3 is 2.38 bits per heavy atom. The second-order valence-electron chi connectivity index (χ2n) is 7.57. The molecule has 1 amide bonds. The van der Waals surface area contributed by atoms with Gasteiger partial charge >= 0.3 is 12.1 Å². The van der Waals surface area contributed by atoms with E-state index in [-0.39, 0.29) is 18.6 Å². The molecule has 7 nitrogen and oxygen atoms in total. The second-order valence-corrected chi connectivity index (χ2v) is 8.46. The molecule has 8 heteroatoms. The van der Waals surface area contributed by atoms with Crippen molar-refractivity contribution in [1.82, 2.24) is 9.88 Å². The van der Waals surface area contributed by atoms with E-state index in [1.807, 2.05) is 34.6 Å². The quantitative estimate of drug-likeness (QED) is 0.721. The molecule has 148 valence electrons. The lowest BCUT2D eigenvalue weighted by Gasteiger charge is -2.34. The average molecular weight is 387 g/mol. The molecular weight excluding hydrogens is 356 g/mol. The number of aromatic nitrogens is 1. The van der Waals surface area contributed by atoms with Crippen LogP contribution in [-0.4, -0.2) is 45.7 Å². The summed E-state index contributed by atoms with van der Waals surface area (Å²) in [7, 11) is 1.69. The highest BCUT2D eigenvalue weighted by Gasteiger charge is 2.32. The van der Waals surface area contributed by atoms with E-state index in [4.69, 9.17) is 9.47 Å². The fourth-order valence-corrected chi connectivity index (χ4v) is 3.36. The molecule has 1 aromatic rings. The number of ether oxygens (including phenoxy) is 2. The molecule has 1 aromatic heterocycles. The largest absolute Gasteiger partial charge is 0.455 e. The van der Waals surface area contributed by atoms with Crippen molar-refractivity contribution < 1.29 is 24.2 Å². The lowest BCUT2D eigenvalue weighted by molar-refractivity contribution is -0.147. The Labute approximate surface area is 159 Å². The third kappa shape index (κ3) is 6.92. The summed E-state index contributed by atoms with van der Waals surface area (Å²) >= 11 is 1.33. The van der Waals surface area contributed by atoms with Crippen molar-refractivity contribution in [3.63, 3.8) is 0 Å². The van der Waals surface area contributed by atoms with Crippen molar-refractivity contribution in [3.8, 4) is 0 Å². The molecule has 1 N–H and O–H groups in total. The lowest BCUT2D eigenvalue weighted by Crippen LogP contribution is -2.44. The SMILES string of the molecule is CC(=O)O[C@@H](C[C@H](C(C)C)N(C)C(=O)OC(C)(C)C)c1nc(CO)cs1. The summed E-state index contributed by atoms with van der Waals surface area (Å²) < 4.78 is 10.9. The van der Waals surface area contributed by atoms with E-state index in [2.05, 4.69) is 4.98 Å². The van der Waals surface area contributed by atoms with Crippen LogP contribution in [0.3, 0.4) is 0 Å². The first kappa shape index (κ1) is 22.4. The number of amides is 1. The van der Waals surface area contributed by atoms with E-state index in [1.165, 1.54) is 18.3 Å². The first-order valence-electron chi connectivity index (χ1n) is 8.62. The lowest BCUT2D eigenvalue weighted by atomic mass is 9.96. The molecule has 1 rings (SSSR count). The highest BCUT2D eigenvalue weighted by Crippen LogP contribution is 2.30. The van der Waals surface area contributed by atoms with Gasteiger partial charge in [-0.1, -0.05) is 13.8 Å². The van der Waals surface area contributed by atoms with Crippen LogP contribution in [0, 0.1) is 5.92 Å². The van der Waals surface area contributed by atoms with Crippen LogP contribution in [0.2, 0.25) is 0 Å². The number of aliphatic hydroxyl groups excluding tert-OH is 1. The summed E-state index contributed by atoms with van der Waals surface area (Å²) in [5.41, 5.74) is -0.0585. The zero-order valence-corrected chi connectivity index (χ0v) is 17.4. The third-order valence-electron chi connectivity index (χ3n) is 3.72. The van der Waals surface area contributed by atoms with E-state index < -0.39 is 23.8 Å². The van der Waals surface area contributed by atoms with Crippen LogP contribution in [-0.2, 0) is 20.9 Å². The van der Waals surface area contributed by atoms with E-state index in [0.717, 1.165) is 0 Å². The molecule has 26 heavy (non-hydrogen) atoms. The van der Waals surface area contributed by atoms with Crippen molar-refractivity contribution in [2.24, 2.45) is 5.92 Å². The Morgan fingerprint density at radius 2 is 1.96 bits per heavy atom. The number of thiazole rings is 1. The number of rotatable bonds is 7. The highest BCUT2D eigenvalue weighted by molar-refractivity contribution is 7.09. The van der Waals surface area contributed by atoms with Crippen molar-refractivity contribution in [2.45, 2.75) is 72.3 Å². The van der Waals surface area contributed by atoms with Gasteiger partial charge in [-0.15, -0.1) is 11.3 Å². The Hall–Kier alpha value is -1.67. The summed E-state index contributed by atoms with van der Waals surface area (Å²) in [5.74, 6) is -0.305. The van der Waals surface area contributed by atoms with Crippen molar-refractivity contribution in [1.29, 1.82) is 0 Å². The second kappa shape index (κ2) is 9.32. The smallest absolute Gasteiger partial charge is 0.410 e. The molecule has 0 spiro atoms. The standard InChI is InChI=1S/C18H30N2O5S/c1-11(2)14(20(7)17(23)25-18(4,5)6)8-15(24-12(3)22)16-19-13(9-21)10-26-16/h10-11,14-15,21H,8-9H2,1-7H3/t14-,15+/m1/s1. The van der Waals surface area contributed by atoms with Crippen LogP contribution in [0.4, 0.5) is 4.79 Å². The number of esters is 1. The van der Waals surface area contributed by atoms with Crippen LogP contribution in [0.15, 0.2) is 5.38 Å². The summed E-state index contributed by atoms with van der Waals surface area (Å²) in [4.78, 5) is 29.9. The van der Waals surface area contributed by atoms with E-state index >= 15 is 0 Å². The summed E-state index contributed by atoms with van der Waals surface area (Å²) in [6.45, 7) is 10.6. The fourth-order valence-electron chi connectivity index (χ4n) is 2.51. The minimum absolute atomic E-state index is 0.114. The molecule has 0 aliphatic heterocycles. The van der Waals surface area contributed by atoms with E-state index in [9.17, 15) is 14.7 Å². The molecule has 0 saturated heterocycles. The summed E-state index contributed by atoms with van der Waals surface area (Å²) in [6.07, 6.45) is -0.617. The molecule has 0 bridgehead atoms. The van der Waals surface area contributed by atoms with Gasteiger partial charge in [0.15, 0.2) is 6.10 Å². The maximum absolute atomic E-state index is 12.4. The zero-order chi connectivity index (χ0) is 20.1. The van der Waals surface area contributed by atoms with E-state index in [0.29, 0.717) is 17.1 Å². The van der Waals surface area contributed by atoms with Gasteiger partial charge in [0, 0.05) is 31.8 Å². The zero-order valence-electron chi connectivity index (χ0n) is 16.6. The maximum atomic E-state index is 12.4. The van der Waals surface area contributed by atoms with Crippen LogP contribution >= 0.6 is 11.3 Å². The molecule has 0 radical (unpaired) electrons. The van der Waals surface area contributed by atoms with Gasteiger partial charge in [-0.3, -0.25) is 4.79 Å². The molecule has 0 aliphatic rings. The van der Waals surface area contributed by atoms with Crippen molar-refractivity contribution >= 4 is 23.4 Å². The molecule has 0 aliphatic carbocycles. The molecule has 0 aromatic carbocycles. The fraction of sp³-hybridized carbons (Fsp3) is 0.722. The van der Waals surface area contributed by atoms with Crippen molar-refractivity contribution in [3.05, 3.63) is 16.1 Å². The van der Waals surface area contributed by atoms with Gasteiger partial charge in [0.25, 0.3) is 0 Å². The van der Waals surface area contributed by atoms with Gasteiger partial charge < -0.3 is 19.5 Å². The first-order chi connectivity index (χ1) is 11.9. The monoisotopic (exact) mass is 386 g/mol. The van der Waals surface area contributed by atoms with Crippen LogP contribution < -0.4 is 0 Å². The predicted molar refractivity (Wildman–Crippen MR) is 99.8 cm³/mol. The minimum Gasteiger partial charge on any atom is -0.455 e. The average Bonchev–Trinajstić information content (AvgIpc) is 2.97. The van der Waals surface area contributed by atoms with Gasteiger partial charge in [-0.25, -0.2) is 9.78 Å². The number of hydrogen-bond acceptors (Lipinski definition) is 7. The topological polar surface area (TPSA) is 89.0 Å². The molecular formula is C18H30N2O5S. The van der Waals surface area contributed by atoms with Gasteiger partial charge in [-0.2, -0.15) is 0 Å². The number of carbonyl (C=O) groups is 2. The molecule has 0 fully saturated rings. The predicted octanol–water partition coefficient (Wildman–Crippen LogP) is 3.52. The minimum atomic E-state index is -0.590. The number of hydrogen-bond donors (Lipinski definition) is 1. The van der Waals surface area contributed by atoms with E-state index in [1.54, 1.807) is 17.3 Å². The summed E-state index contributed by atoms with van der Waals surface area (Å²) in [5, 5.41) is 11.6. The Balaban J connectivity index is 3.01. The van der Waals surface area contributed by atoms with Crippen LogP contribution in [0.5, 0.6) is 0 Å². The normalized spacial score (nSPS) is 14.0. The van der Waals surface area contributed by atoms with Crippen LogP contribution in [0.25, 0.3) is 0 Å². The summed E-state index contributed by atoms with van der Waals surface area (Å²) in [6, 6.07) is -0.212. The Kier molecular flexibility index (Phi) is 8.02. The number of aliphatic hydroxyl groups is 1. The van der Waals surface area contributed by atoms with Crippen LogP contribution in [0.1, 0.15) is 64.8 Å². The maximum Gasteiger partial charge on any atom is 0.410 e. The molecule has 2 atom stereocenters. The number of nitrogens with zero attached hydrogens (tertiary/aromatic N) is 2.